The summed E-state index contributed by atoms with van der Waals surface area (Å²) in [6.07, 6.45) is 0. The average molecular weight is 230 g/mol. The van der Waals surface area contributed by atoms with Gasteiger partial charge >= 0.3 is 29.6 Å². The molecular formula is C7H11NaO3S2. The summed E-state index contributed by atoms with van der Waals surface area (Å²) in [7, 11) is -0.0793. The number of methoxy groups -OCH3 is 1. The summed E-state index contributed by atoms with van der Waals surface area (Å²) in [6.45, 7) is 0. The zero-order chi connectivity index (χ0) is 8.97. The van der Waals surface area contributed by atoms with E-state index in [0.717, 1.165) is 10.6 Å². The normalized spacial score (nSPS) is 12.5. The molecule has 0 spiro atoms. The molecule has 0 heterocycles. The van der Waals surface area contributed by atoms with Gasteiger partial charge < -0.3 is 9.29 Å². The van der Waals surface area contributed by atoms with Crippen LogP contribution in [0.3, 0.4) is 0 Å². The molecule has 0 saturated heterocycles. The molecular weight excluding hydrogens is 219 g/mol. The Morgan fingerprint density at radius 2 is 1.92 bits per heavy atom. The molecule has 1 aromatic carbocycles. The Hall–Kier alpha value is 0.480. The van der Waals surface area contributed by atoms with Crippen molar-refractivity contribution in [2.24, 2.45) is 0 Å². The first-order chi connectivity index (χ1) is 5.72. The molecule has 0 bridgehead atoms. The Kier molecular flexibility index (Phi) is 7.12. The second-order valence-electron chi connectivity index (χ2n) is 2.05. The zero-order valence-corrected chi connectivity index (χ0v) is 8.26. The summed E-state index contributed by atoms with van der Waals surface area (Å²) in [5, 5.41) is 0. The summed E-state index contributed by atoms with van der Waals surface area (Å²) in [5.74, 6) is 0.752. The van der Waals surface area contributed by atoms with Crippen LogP contribution in [0, 0.1) is 0 Å². The Bertz CT molecular complexity index is 330. The number of hydrogen-bond donors (Lipinski definition) is 3. The van der Waals surface area contributed by atoms with E-state index in [1.165, 1.54) is 0 Å². The van der Waals surface area contributed by atoms with Crippen LogP contribution in [0.1, 0.15) is 0 Å². The van der Waals surface area contributed by atoms with Crippen molar-refractivity contribution < 1.29 is 13.5 Å². The van der Waals surface area contributed by atoms with Gasteiger partial charge in [0.1, 0.15) is 5.75 Å². The molecule has 1 unspecified atom stereocenters. The van der Waals surface area contributed by atoms with Crippen LogP contribution in [0.15, 0.2) is 29.2 Å². The van der Waals surface area contributed by atoms with Crippen LogP contribution in [-0.2, 0) is 20.0 Å². The van der Waals surface area contributed by atoms with Crippen molar-refractivity contribution in [2.75, 3.05) is 7.11 Å². The Morgan fingerprint density at radius 1 is 1.38 bits per heavy atom. The summed E-state index contributed by atoms with van der Waals surface area (Å²) in [4.78, 5) is 0.819. The van der Waals surface area contributed by atoms with Crippen LogP contribution < -0.4 is 4.74 Å². The monoisotopic (exact) mass is 230 g/mol. The van der Waals surface area contributed by atoms with Gasteiger partial charge in [0.05, 0.1) is 16.7 Å². The molecule has 0 aliphatic carbocycles. The average Bonchev–Trinajstić information content (AvgIpc) is 2.05. The molecule has 0 saturated carbocycles. The van der Waals surface area contributed by atoms with Crippen molar-refractivity contribution in [3.8, 4) is 5.75 Å². The molecule has 3 nitrogen and oxygen atoms in total. The van der Waals surface area contributed by atoms with Gasteiger partial charge in [-0.25, -0.2) is 4.21 Å². The van der Waals surface area contributed by atoms with Crippen LogP contribution in [0.25, 0.3) is 0 Å². The molecule has 0 aromatic heterocycles. The first-order valence-corrected chi connectivity index (χ1v) is 6.05. The molecule has 6 heteroatoms. The van der Waals surface area contributed by atoms with Crippen LogP contribution in [0.5, 0.6) is 5.75 Å². The fraction of sp³-hybridized carbons (Fsp3) is 0.143. The summed E-state index contributed by atoms with van der Waals surface area (Å²) >= 11 is 0. The van der Waals surface area contributed by atoms with E-state index in [1.54, 1.807) is 31.4 Å². The first-order valence-electron chi connectivity index (χ1n) is 3.24. The summed E-state index contributed by atoms with van der Waals surface area (Å²) in [6, 6.07) is 7.07. The van der Waals surface area contributed by atoms with Crippen molar-refractivity contribution in [3.05, 3.63) is 24.3 Å². The van der Waals surface area contributed by atoms with E-state index >= 15 is 0 Å². The van der Waals surface area contributed by atoms with Gasteiger partial charge in [-0.3, -0.25) is 0 Å². The molecule has 0 amide bonds. The van der Waals surface area contributed by atoms with E-state index in [0.29, 0.717) is 10.3 Å². The molecule has 1 atom stereocenters. The van der Waals surface area contributed by atoms with Crippen molar-refractivity contribution in [2.45, 2.75) is 4.90 Å². The second kappa shape index (κ2) is 6.86. The molecule has 1 N–H and O–H groups in total. The van der Waals surface area contributed by atoms with E-state index in [4.69, 9.17) is 9.29 Å². The van der Waals surface area contributed by atoms with Gasteiger partial charge in [0.2, 0.25) is 0 Å². The summed E-state index contributed by atoms with van der Waals surface area (Å²) < 4.78 is 24.0. The molecule has 0 fully saturated rings. The SMILES string of the molecule is COc1ccc([SH]=[SH](=O)O)cc1.[NaH]. The number of rotatable bonds is 2. The predicted octanol–water partition coefficient (Wildman–Crippen LogP) is 0.0895. The van der Waals surface area contributed by atoms with Gasteiger partial charge in [-0.2, -0.15) is 0 Å². The topological polar surface area (TPSA) is 46.5 Å². The minimum absolute atomic E-state index is 0. The molecule has 1 aromatic rings. The first kappa shape index (κ1) is 13.5. The fourth-order valence-corrected chi connectivity index (χ4v) is 2.22. The van der Waals surface area contributed by atoms with Gasteiger partial charge in [-0.1, -0.05) is 10.3 Å². The molecule has 70 valence electrons. The third-order valence-electron chi connectivity index (χ3n) is 1.27. The molecule has 1 rings (SSSR count). The van der Waals surface area contributed by atoms with E-state index in [9.17, 15) is 4.21 Å². The van der Waals surface area contributed by atoms with Gasteiger partial charge in [0, 0.05) is 4.90 Å². The van der Waals surface area contributed by atoms with E-state index in [2.05, 4.69) is 0 Å². The number of benzene rings is 1. The predicted molar refractivity (Wildman–Crippen MR) is 59.3 cm³/mol. The molecule has 0 radical (unpaired) electrons. The van der Waals surface area contributed by atoms with Gasteiger partial charge in [0.15, 0.2) is 0 Å². The number of ether oxygens (including phenoxy) is 1. The third kappa shape index (κ3) is 5.05. The van der Waals surface area contributed by atoms with Crippen LogP contribution in [0.2, 0.25) is 0 Å². The fourth-order valence-electron chi connectivity index (χ4n) is 0.748. The Balaban J connectivity index is 0.00000144. The van der Waals surface area contributed by atoms with E-state index in [1.807, 2.05) is 0 Å². The number of hydrogen-bond acceptors (Lipinski definition) is 2. The quantitative estimate of drug-likeness (QED) is 0.498. The van der Waals surface area contributed by atoms with Crippen LogP contribution >= 0.6 is 0 Å². The number of thiol groups is 2. The maximum atomic E-state index is 10.4. The van der Waals surface area contributed by atoms with Crippen molar-refractivity contribution in [1.82, 2.24) is 0 Å². The third-order valence-corrected chi connectivity index (χ3v) is 3.18. The van der Waals surface area contributed by atoms with Crippen LogP contribution in [-0.4, -0.2) is 45.4 Å². The minimum atomic E-state index is -2.11. The van der Waals surface area contributed by atoms with Crippen molar-refractivity contribution in [1.29, 1.82) is 0 Å². The standard InChI is InChI=1S/C7H10O3S2.Na.H/c1-10-6-2-4-7(5-3-6)11-12(8)9;;/h2-5,11-12H,1H3,(H,8,9);;. The summed E-state index contributed by atoms with van der Waals surface area (Å²) in [5.41, 5.74) is 0. The second-order valence-corrected chi connectivity index (χ2v) is 4.90. The van der Waals surface area contributed by atoms with Gasteiger partial charge in [-0.05, 0) is 24.3 Å². The van der Waals surface area contributed by atoms with Crippen LogP contribution in [0.4, 0.5) is 0 Å². The van der Waals surface area contributed by atoms with E-state index in [-0.39, 0.29) is 29.6 Å². The van der Waals surface area contributed by atoms with Gasteiger partial charge in [0.25, 0.3) is 0 Å². The Labute approximate surface area is 104 Å². The zero-order valence-electron chi connectivity index (χ0n) is 6.47. The maximum absolute atomic E-state index is 10.4. The Morgan fingerprint density at radius 3 is 2.31 bits per heavy atom. The molecule has 0 aliphatic heterocycles. The van der Waals surface area contributed by atoms with Crippen molar-refractivity contribution in [3.63, 3.8) is 0 Å². The molecule has 0 aliphatic rings. The van der Waals surface area contributed by atoms with Gasteiger partial charge in [-0.15, -0.1) is 0 Å². The van der Waals surface area contributed by atoms with E-state index < -0.39 is 9.64 Å². The molecule has 13 heavy (non-hydrogen) atoms. The van der Waals surface area contributed by atoms with Crippen molar-refractivity contribution >= 4 is 49.5 Å².